The van der Waals surface area contributed by atoms with Crippen molar-refractivity contribution >= 4 is 17.3 Å². The van der Waals surface area contributed by atoms with Crippen LogP contribution in [0.5, 0.6) is 0 Å². The Morgan fingerprint density at radius 2 is 1.90 bits per heavy atom. The highest BCUT2D eigenvalue weighted by Crippen LogP contribution is 2.29. The molecule has 2 nitrogen and oxygen atoms in total. The van der Waals surface area contributed by atoms with Gasteiger partial charge in [0.1, 0.15) is 0 Å². The largest absolute Gasteiger partial charge is 0.374 e. The van der Waals surface area contributed by atoms with Gasteiger partial charge in [0.05, 0.1) is 0 Å². The summed E-state index contributed by atoms with van der Waals surface area (Å²) >= 11 is 6.39. The third-order valence-corrected chi connectivity index (χ3v) is 3.43. The molecule has 0 aliphatic heterocycles. The summed E-state index contributed by atoms with van der Waals surface area (Å²) in [7, 11) is 2.14. The molecule has 0 unspecified atom stereocenters. The Morgan fingerprint density at radius 1 is 1.25 bits per heavy atom. The lowest BCUT2D eigenvalue weighted by Crippen LogP contribution is -2.30. The first-order chi connectivity index (χ1) is 9.20. The van der Waals surface area contributed by atoms with Gasteiger partial charge in [-0.1, -0.05) is 52.3 Å². The fourth-order valence-corrected chi connectivity index (χ4v) is 2.60. The zero-order valence-electron chi connectivity index (χ0n) is 13.8. The standard InChI is InChI=1S/C17H29ClN2/c1-13(2)10-19-11-14-15(18)8-7-9-16(14)20(6)12-17(3,4)5/h7-9,13,19H,10-12H2,1-6H3. The van der Waals surface area contributed by atoms with Gasteiger partial charge in [-0.15, -0.1) is 0 Å². The van der Waals surface area contributed by atoms with E-state index < -0.39 is 0 Å². The van der Waals surface area contributed by atoms with Gasteiger partial charge in [-0.25, -0.2) is 0 Å². The number of nitrogens with one attached hydrogen (secondary N) is 1. The van der Waals surface area contributed by atoms with E-state index in [0.717, 1.165) is 24.7 Å². The molecule has 1 aromatic carbocycles. The van der Waals surface area contributed by atoms with E-state index in [0.29, 0.717) is 5.92 Å². The molecule has 0 aliphatic carbocycles. The molecule has 0 fully saturated rings. The SMILES string of the molecule is CC(C)CNCc1c(Cl)cccc1N(C)CC(C)(C)C. The zero-order valence-corrected chi connectivity index (χ0v) is 14.5. The first kappa shape index (κ1) is 17.3. The van der Waals surface area contributed by atoms with Crippen LogP contribution in [0.2, 0.25) is 5.02 Å². The molecule has 0 radical (unpaired) electrons. The average molecular weight is 297 g/mol. The van der Waals surface area contributed by atoms with E-state index in [-0.39, 0.29) is 5.41 Å². The van der Waals surface area contributed by atoms with Gasteiger partial charge >= 0.3 is 0 Å². The van der Waals surface area contributed by atoms with E-state index in [1.807, 2.05) is 12.1 Å². The van der Waals surface area contributed by atoms with E-state index in [2.05, 4.69) is 57.9 Å². The number of rotatable bonds is 6. The summed E-state index contributed by atoms with van der Waals surface area (Å²) in [5.74, 6) is 0.647. The molecule has 0 aliphatic rings. The lowest BCUT2D eigenvalue weighted by Gasteiger charge is -2.30. The van der Waals surface area contributed by atoms with Gasteiger partial charge < -0.3 is 10.2 Å². The average Bonchev–Trinajstić information content (AvgIpc) is 2.28. The topological polar surface area (TPSA) is 15.3 Å². The molecule has 3 heteroatoms. The Balaban J connectivity index is 2.87. The summed E-state index contributed by atoms with van der Waals surface area (Å²) in [5.41, 5.74) is 2.69. The molecular formula is C17H29ClN2. The molecule has 20 heavy (non-hydrogen) atoms. The Bertz CT molecular complexity index is 421. The van der Waals surface area contributed by atoms with Crippen molar-refractivity contribution in [3.8, 4) is 0 Å². The summed E-state index contributed by atoms with van der Waals surface area (Å²) in [6, 6.07) is 6.16. The second-order valence-electron chi connectivity index (χ2n) is 7.18. The minimum atomic E-state index is 0.264. The van der Waals surface area contributed by atoms with Crippen LogP contribution in [0.15, 0.2) is 18.2 Å². The highest BCUT2D eigenvalue weighted by Gasteiger charge is 2.17. The molecule has 0 saturated carbocycles. The molecule has 0 heterocycles. The van der Waals surface area contributed by atoms with Gasteiger partial charge in [0.15, 0.2) is 0 Å². The lowest BCUT2D eigenvalue weighted by atomic mass is 9.95. The third kappa shape index (κ3) is 5.72. The van der Waals surface area contributed by atoms with Crippen molar-refractivity contribution in [2.24, 2.45) is 11.3 Å². The molecule has 0 spiro atoms. The smallest absolute Gasteiger partial charge is 0.0471 e. The van der Waals surface area contributed by atoms with Crippen molar-refractivity contribution in [2.45, 2.75) is 41.2 Å². The molecule has 0 amide bonds. The highest BCUT2D eigenvalue weighted by atomic mass is 35.5. The molecule has 0 bridgehead atoms. The number of anilines is 1. The Kier molecular flexibility index (Phi) is 6.35. The molecular weight excluding hydrogens is 268 g/mol. The Morgan fingerprint density at radius 3 is 2.45 bits per heavy atom. The van der Waals surface area contributed by atoms with E-state index in [4.69, 9.17) is 11.6 Å². The fraction of sp³-hybridized carbons (Fsp3) is 0.647. The van der Waals surface area contributed by atoms with Crippen LogP contribution in [0.25, 0.3) is 0 Å². The number of nitrogens with zero attached hydrogens (tertiary/aromatic N) is 1. The third-order valence-electron chi connectivity index (χ3n) is 3.07. The summed E-state index contributed by atoms with van der Waals surface area (Å²) in [4.78, 5) is 2.30. The molecule has 1 aromatic rings. The van der Waals surface area contributed by atoms with Crippen molar-refractivity contribution in [3.63, 3.8) is 0 Å². The van der Waals surface area contributed by atoms with Crippen molar-refractivity contribution in [2.75, 3.05) is 25.0 Å². The second-order valence-corrected chi connectivity index (χ2v) is 7.59. The van der Waals surface area contributed by atoms with Crippen LogP contribution in [0, 0.1) is 11.3 Å². The quantitative estimate of drug-likeness (QED) is 0.827. The maximum Gasteiger partial charge on any atom is 0.0471 e. The van der Waals surface area contributed by atoms with Gasteiger partial charge in [-0.3, -0.25) is 0 Å². The fourth-order valence-electron chi connectivity index (χ4n) is 2.36. The van der Waals surface area contributed by atoms with Gasteiger partial charge in [0.25, 0.3) is 0 Å². The first-order valence-electron chi connectivity index (χ1n) is 7.40. The minimum absolute atomic E-state index is 0.264. The van der Waals surface area contributed by atoms with Gasteiger partial charge in [0.2, 0.25) is 0 Å². The molecule has 0 aromatic heterocycles. The second kappa shape index (κ2) is 7.33. The summed E-state index contributed by atoms with van der Waals surface area (Å²) in [6.07, 6.45) is 0. The number of halogens is 1. The van der Waals surface area contributed by atoms with Crippen molar-refractivity contribution < 1.29 is 0 Å². The maximum atomic E-state index is 6.39. The molecule has 0 saturated heterocycles. The van der Waals surface area contributed by atoms with Crippen LogP contribution < -0.4 is 10.2 Å². The van der Waals surface area contributed by atoms with Crippen LogP contribution in [-0.2, 0) is 6.54 Å². The Hall–Kier alpha value is -0.730. The number of hydrogen-bond acceptors (Lipinski definition) is 2. The van der Waals surface area contributed by atoms with Crippen LogP contribution in [0.3, 0.4) is 0 Å². The monoisotopic (exact) mass is 296 g/mol. The van der Waals surface area contributed by atoms with Crippen LogP contribution in [0.1, 0.15) is 40.2 Å². The summed E-state index contributed by atoms with van der Waals surface area (Å²) in [6.45, 7) is 14.0. The molecule has 0 atom stereocenters. The van der Waals surface area contributed by atoms with E-state index in [1.165, 1.54) is 11.3 Å². The number of hydrogen-bond donors (Lipinski definition) is 1. The van der Waals surface area contributed by atoms with E-state index in [9.17, 15) is 0 Å². The lowest BCUT2D eigenvalue weighted by molar-refractivity contribution is 0.418. The summed E-state index contributed by atoms with van der Waals surface area (Å²) < 4.78 is 0. The van der Waals surface area contributed by atoms with Crippen molar-refractivity contribution in [1.29, 1.82) is 0 Å². The van der Waals surface area contributed by atoms with Crippen LogP contribution in [0.4, 0.5) is 5.69 Å². The maximum absolute atomic E-state index is 6.39. The Labute approximate surface area is 129 Å². The van der Waals surface area contributed by atoms with Crippen molar-refractivity contribution in [3.05, 3.63) is 28.8 Å². The van der Waals surface area contributed by atoms with Crippen molar-refractivity contribution in [1.82, 2.24) is 5.32 Å². The molecule has 1 rings (SSSR count). The number of benzene rings is 1. The summed E-state index contributed by atoms with van der Waals surface area (Å²) in [5, 5.41) is 4.34. The van der Waals surface area contributed by atoms with E-state index in [1.54, 1.807) is 0 Å². The normalized spacial score (nSPS) is 12.0. The highest BCUT2D eigenvalue weighted by molar-refractivity contribution is 6.31. The minimum Gasteiger partial charge on any atom is -0.374 e. The predicted octanol–water partition coefficient (Wildman–Crippen LogP) is 4.57. The molecule has 114 valence electrons. The zero-order chi connectivity index (χ0) is 15.3. The van der Waals surface area contributed by atoms with Crippen LogP contribution in [-0.4, -0.2) is 20.1 Å². The van der Waals surface area contributed by atoms with E-state index >= 15 is 0 Å². The predicted molar refractivity (Wildman–Crippen MR) is 90.7 cm³/mol. The molecule has 1 N–H and O–H groups in total. The van der Waals surface area contributed by atoms with Gasteiger partial charge in [-0.05, 0) is 30.0 Å². The van der Waals surface area contributed by atoms with Crippen LogP contribution >= 0.6 is 11.6 Å². The van der Waals surface area contributed by atoms with Gasteiger partial charge in [0, 0.05) is 36.4 Å². The first-order valence-corrected chi connectivity index (χ1v) is 7.78. The van der Waals surface area contributed by atoms with Gasteiger partial charge in [-0.2, -0.15) is 0 Å².